The third kappa shape index (κ3) is 4.98. The molecule has 0 unspecified atom stereocenters. The van der Waals surface area contributed by atoms with Crippen molar-refractivity contribution >= 4 is 29.3 Å². The van der Waals surface area contributed by atoms with Gasteiger partial charge in [0.05, 0.1) is 0 Å². The first kappa shape index (κ1) is 17.3. The second-order valence-corrected chi connectivity index (χ2v) is 7.62. The highest BCUT2D eigenvalue weighted by molar-refractivity contribution is 7.22. The Hall–Kier alpha value is -1.09. The zero-order valence-electron chi connectivity index (χ0n) is 13.3. The Labute approximate surface area is 135 Å². The Morgan fingerprint density at radius 2 is 1.91 bits per heavy atom. The molecule has 1 saturated heterocycles. The number of hydrogen-bond acceptors (Lipinski definition) is 6. The smallest absolute Gasteiger partial charge is 0.444 e. The second kappa shape index (κ2) is 7.00. The average molecular weight is 326 g/mol. The predicted molar refractivity (Wildman–Crippen MR) is 87.2 cm³/mol. The van der Waals surface area contributed by atoms with E-state index in [0.29, 0.717) is 17.9 Å². The van der Waals surface area contributed by atoms with Crippen LogP contribution in [0.15, 0.2) is 12.1 Å². The van der Waals surface area contributed by atoms with Gasteiger partial charge in [0, 0.05) is 42.4 Å². The van der Waals surface area contributed by atoms with E-state index in [2.05, 4.69) is 4.90 Å². The van der Waals surface area contributed by atoms with Crippen LogP contribution in [0.3, 0.4) is 0 Å². The van der Waals surface area contributed by atoms with Crippen LogP contribution < -0.4 is 4.78 Å². The van der Waals surface area contributed by atoms with Crippen molar-refractivity contribution in [3.05, 3.63) is 17.0 Å². The number of piperazine rings is 1. The maximum Gasteiger partial charge on any atom is 0.499 e. The van der Waals surface area contributed by atoms with Gasteiger partial charge in [-0.15, -0.1) is 11.3 Å². The predicted octanol–water partition coefficient (Wildman–Crippen LogP) is 0.481. The Balaban J connectivity index is 1.80. The number of ether oxygens (including phenoxy) is 1. The van der Waals surface area contributed by atoms with Gasteiger partial charge in [-0.3, -0.25) is 4.90 Å². The highest BCUT2D eigenvalue weighted by Gasteiger charge is 2.26. The van der Waals surface area contributed by atoms with Crippen molar-refractivity contribution in [2.75, 3.05) is 26.2 Å². The monoisotopic (exact) mass is 326 g/mol. The standard InChI is InChI=1S/C14H23BN2O4S/c1-14(2,3)21-13(18)17-8-6-16(7-9-17)10-11-4-5-12(22-11)15(19)20/h4-5,19-20H,6-10H2,1-3H3. The fourth-order valence-corrected chi connectivity index (χ4v) is 3.18. The van der Waals surface area contributed by atoms with E-state index in [1.807, 2.05) is 26.8 Å². The van der Waals surface area contributed by atoms with E-state index < -0.39 is 12.7 Å². The number of carbonyl (C=O) groups excluding carboxylic acids is 1. The van der Waals surface area contributed by atoms with Crippen LogP contribution in [-0.2, 0) is 11.3 Å². The molecule has 122 valence electrons. The van der Waals surface area contributed by atoms with Crippen molar-refractivity contribution in [1.82, 2.24) is 9.80 Å². The molecule has 0 radical (unpaired) electrons. The molecule has 8 heteroatoms. The third-order valence-corrected chi connectivity index (χ3v) is 4.45. The van der Waals surface area contributed by atoms with Crippen LogP contribution in [-0.4, -0.2) is 64.8 Å². The zero-order valence-corrected chi connectivity index (χ0v) is 14.1. The number of hydrogen-bond donors (Lipinski definition) is 2. The number of rotatable bonds is 3. The molecule has 2 N–H and O–H groups in total. The topological polar surface area (TPSA) is 73.2 Å². The highest BCUT2D eigenvalue weighted by atomic mass is 32.1. The molecule has 1 fully saturated rings. The largest absolute Gasteiger partial charge is 0.499 e. The van der Waals surface area contributed by atoms with E-state index in [-0.39, 0.29) is 6.09 Å². The molecular formula is C14H23BN2O4S. The number of amides is 1. The molecule has 0 aromatic carbocycles. The van der Waals surface area contributed by atoms with E-state index in [1.165, 1.54) is 11.3 Å². The zero-order chi connectivity index (χ0) is 16.3. The fraction of sp³-hybridized carbons (Fsp3) is 0.643. The molecular weight excluding hydrogens is 303 g/mol. The van der Waals surface area contributed by atoms with Crippen LogP contribution in [0, 0.1) is 0 Å². The molecule has 1 aromatic heterocycles. The van der Waals surface area contributed by atoms with E-state index in [0.717, 1.165) is 24.5 Å². The van der Waals surface area contributed by atoms with Crippen molar-refractivity contribution in [1.29, 1.82) is 0 Å². The molecule has 6 nitrogen and oxygen atoms in total. The van der Waals surface area contributed by atoms with Crippen LogP contribution in [0.1, 0.15) is 25.6 Å². The van der Waals surface area contributed by atoms with Crippen LogP contribution >= 0.6 is 11.3 Å². The van der Waals surface area contributed by atoms with Crippen LogP contribution in [0.5, 0.6) is 0 Å². The molecule has 0 saturated carbocycles. The maximum absolute atomic E-state index is 12.0. The number of nitrogens with zero attached hydrogens (tertiary/aromatic N) is 2. The second-order valence-electron chi connectivity index (χ2n) is 6.42. The number of thiophene rings is 1. The van der Waals surface area contributed by atoms with Crippen molar-refractivity contribution in [2.45, 2.75) is 32.9 Å². The minimum atomic E-state index is -1.40. The summed E-state index contributed by atoms with van der Waals surface area (Å²) in [6.07, 6.45) is -0.256. The Bertz CT molecular complexity index is 507. The van der Waals surface area contributed by atoms with Gasteiger partial charge < -0.3 is 19.7 Å². The summed E-state index contributed by atoms with van der Waals surface area (Å²) in [6, 6.07) is 3.65. The lowest BCUT2D eigenvalue weighted by atomic mass is 9.90. The summed E-state index contributed by atoms with van der Waals surface area (Å²) >= 11 is 1.40. The minimum Gasteiger partial charge on any atom is -0.444 e. The van der Waals surface area contributed by atoms with Crippen molar-refractivity contribution in [3.63, 3.8) is 0 Å². The summed E-state index contributed by atoms with van der Waals surface area (Å²) < 4.78 is 5.93. The lowest BCUT2D eigenvalue weighted by Gasteiger charge is -2.35. The van der Waals surface area contributed by atoms with Gasteiger partial charge in [0.15, 0.2) is 0 Å². The summed E-state index contributed by atoms with van der Waals surface area (Å²) in [4.78, 5) is 17.1. The molecule has 2 heterocycles. The molecule has 1 aromatic rings. The quantitative estimate of drug-likeness (QED) is 0.791. The van der Waals surface area contributed by atoms with E-state index in [1.54, 1.807) is 11.0 Å². The van der Waals surface area contributed by atoms with Crippen LogP contribution in [0.25, 0.3) is 0 Å². The lowest BCUT2D eigenvalue weighted by molar-refractivity contribution is 0.0140. The SMILES string of the molecule is CC(C)(C)OC(=O)N1CCN(Cc2ccc(B(O)O)s2)CC1. The summed E-state index contributed by atoms with van der Waals surface area (Å²) in [5.41, 5.74) is -0.466. The summed E-state index contributed by atoms with van der Waals surface area (Å²) in [6.45, 7) is 9.23. The first-order valence-corrected chi connectivity index (χ1v) is 8.21. The van der Waals surface area contributed by atoms with Crippen LogP contribution in [0.4, 0.5) is 4.79 Å². The molecule has 0 spiro atoms. The van der Waals surface area contributed by atoms with Gasteiger partial charge in [0.2, 0.25) is 0 Å². The van der Waals surface area contributed by atoms with Crippen molar-refractivity contribution in [2.24, 2.45) is 0 Å². The Kier molecular flexibility index (Phi) is 5.49. The number of carbonyl (C=O) groups is 1. The van der Waals surface area contributed by atoms with Gasteiger partial charge in [0.25, 0.3) is 0 Å². The average Bonchev–Trinajstić information content (AvgIpc) is 2.86. The Morgan fingerprint density at radius 1 is 1.27 bits per heavy atom. The van der Waals surface area contributed by atoms with E-state index >= 15 is 0 Å². The molecule has 1 amide bonds. The molecule has 0 bridgehead atoms. The molecule has 22 heavy (non-hydrogen) atoms. The van der Waals surface area contributed by atoms with Crippen molar-refractivity contribution < 1.29 is 19.6 Å². The molecule has 0 aliphatic carbocycles. The summed E-state index contributed by atoms with van der Waals surface area (Å²) in [5.74, 6) is 0. The molecule has 1 aliphatic heterocycles. The van der Waals surface area contributed by atoms with E-state index in [9.17, 15) is 4.79 Å². The normalized spacial score (nSPS) is 16.7. The Morgan fingerprint density at radius 3 is 2.41 bits per heavy atom. The van der Waals surface area contributed by atoms with Gasteiger partial charge >= 0.3 is 13.2 Å². The molecule has 2 rings (SSSR count). The lowest BCUT2D eigenvalue weighted by Crippen LogP contribution is -2.49. The van der Waals surface area contributed by atoms with Gasteiger partial charge in [-0.1, -0.05) is 6.07 Å². The molecule has 1 aliphatic rings. The fourth-order valence-electron chi connectivity index (χ4n) is 2.25. The van der Waals surface area contributed by atoms with Gasteiger partial charge in [-0.2, -0.15) is 0 Å². The first-order valence-electron chi connectivity index (χ1n) is 7.39. The summed E-state index contributed by atoms with van der Waals surface area (Å²) in [7, 11) is -1.40. The van der Waals surface area contributed by atoms with Gasteiger partial charge in [-0.25, -0.2) is 4.79 Å². The summed E-state index contributed by atoms with van der Waals surface area (Å²) in [5, 5.41) is 18.3. The molecule has 0 atom stereocenters. The van der Waals surface area contributed by atoms with Gasteiger partial charge in [0.1, 0.15) is 5.60 Å². The van der Waals surface area contributed by atoms with Crippen LogP contribution in [0.2, 0.25) is 0 Å². The minimum absolute atomic E-state index is 0.256. The highest BCUT2D eigenvalue weighted by Crippen LogP contribution is 2.15. The van der Waals surface area contributed by atoms with Crippen molar-refractivity contribution in [3.8, 4) is 0 Å². The maximum atomic E-state index is 12.0. The van der Waals surface area contributed by atoms with Gasteiger partial charge in [-0.05, 0) is 26.8 Å². The first-order chi connectivity index (χ1) is 10.2. The third-order valence-electron chi connectivity index (χ3n) is 3.34. The van der Waals surface area contributed by atoms with E-state index in [4.69, 9.17) is 14.8 Å².